The summed E-state index contributed by atoms with van der Waals surface area (Å²) in [6.45, 7) is 0. The van der Waals surface area contributed by atoms with Gasteiger partial charge in [-0.1, -0.05) is 164 Å². The Hall–Kier alpha value is -6.75. The summed E-state index contributed by atoms with van der Waals surface area (Å²) in [7, 11) is 0. The minimum absolute atomic E-state index is 0.671. The third kappa shape index (κ3) is 5.37. The zero-order chi connectivity index (χ0) is 36.3. The molecule has 11 rings (SSSR count). The number of benzene rings is 8. The number of nitrogens with zero attached hydrogens (tertiary/aromatic N) is 3. The predicted molar refractivity (Wildman–Crippen MR) is 233 cm³/mol. The highest BCUT2D eigenvalue weighted by atomic mass is 32.1. The number of rotatable bonds is 5. The molecule has 0 saturated heterocycles. The second kappa shape index (κ2) is 13.0. The van der Waals surface area contributed by atoms with Crippen molar-refractivity contribution in [2.45, 2.75) is 12.8 Å². The van der Waals surface area contributed by atoms with Gasteiger partial charge in [0, 0.05) is 36.9 Å². The zero-order valence-corrected chi connectivity index (χ0v) is 30.7. The fraction of sp³-hybridized carbons (Fsp3) is 0.0392. The molecule has 0 spiro atoms. The first-order valence-corrected chi connectivity index (χ1v) is 19.7. The van der Waals surface area contributed by atoms with Crippen LogP contribution < -0.4 is 0 Å². The van der Waals surface area contributed by atoms with Crippen LogP contribution in [0.2, 0.25) is 0 Å². The molecule has 0 aliphatic heterocycles. The van der Waals surface area contributed by atoms with Crippen molar-refractivity contribution in [1.82, 2.24) is 15.0 Å². The maximum atomic E-state index is 5.26. The molecule has 258 valence electrons. The van der Waals surface area contributed by atoms with E-state index in [1.807, 2.05) is 29.5 Å². The lowest BCUT2D eigenvalue weighted by Crippen LogP contribution is -2.04. The molecule has 3 nitrogen and oxygen atoms in total. The van der Waals surface area contributed by atoms with Gasteiger partial charge in [0.25, 0.3) is 0 Å². The Labute approximate surface area is 322 Å². The largest absolute Gasteiger partial charge is 0.208 e. The average Bonchev–Trinajstić information content (AvgIpc) is 3.65. The van der Waals surface area contributed by atoms with Crippen LogP contribution in [-0.4, -0.2) is 15.0 Å². The molecule has 0 unspecified atom stereocenters. The van der Waals surface area contributed by atoms with E-state index >= 15 is 0 Å². The van der Waals surface area contributed by atoms with Gasteiger partial charge in [0.2, 0.25) is 0 Å². The van der Waals surface area contributed by atoms with Crippen LogP contribution in [0.1, 0.15) is 18.7 Å². The van der Waals surface area contributed by atoms with Gasteiger partial charge in [-0.05, 0) is 79.5 Å². The van der Waals surface area contributed by atoms with Gasteiger partial charge in [-0.2, -0.15) is 0 Å². The lowest BCUT2D eigenvalue weighted by Gasteiger charge is -2.18. The van der Waals surface area contributed by atoms with Crippen molar-refractivity contribution >= 4 is 69.4 Å². The SMILES string of the molecule is C1=CC(c2nc(-c3ccccc3)nc(-c3c(-c4ccc(-c5ccc6c(c5)sc5ccc7ccccc7c56)c5ccccc45)ccc4ccccc34)n2)=CCC1. The van der Waals surface area contributed by atoms with E-state index < -0.39 is 0 Å². The van der Waals surface area contributed by atoms with E-state index in [4.69, 9.17) is 15.0 Å². The molecule has 2 aromatic heterocycles. The summed E-state index contributed by atoms with van der Waals surface area (Å²) in [4.78, 5) is 15.5. The molecule has 55 heavy (non-hydrogen) atoms. The van der Waals surface area contributed by atoms with E-state index in [1.54, 1.807) is 0 Å². The lowest BCUT2D eigenvalue weighted by atomic mass is 9.88. The van der Waals surface area contributed by atoms with Crippen LogP contribution in [0.25, 0.3) is 103 Å². The number of hydrogen-bond donors (Lipinski definition) is 0. The molecule has 10 aromatic rings. The minimum atomic E-state index is 0.671. The molecule has 0 saturated carbocycles. The van der Waals surface area contributed by atoms with Gasteiger partial charge in [0.05, 0.1) is 0 Å². The summed E-state index contributed by atoms with van der Waals surface area (Å²) < 4.78 is 2.62. The molecule has 0 N–H and O–H groups in total. The molecule has 1 aliphatic carbocycles. The summed E-state index contributed by atoms with van der Waals surface area (Å²) in [5.41, 5.74) is 7.69. The average molecular weight is 720 g/mol. The molecule has 8 aromatic carbocycles. The van der Waals surface area contributed by atoms with Crippen LogP contribution in [0.3, 0.4) is 0 Å². The van der Waals surface area contributed by atoms with Crippen molar-refractivity contribution in [2.75, 3.05) is 0 Å². The van der Waals surface area contributed by atoms with Gasteiger partial charge in [0.15, 0.2) is 17.5 Å². The van der Waals surface area contributed by atoms with Crippen LogP contribution in [0.15, 0.2) is 176 Å². The van der Waals surface area contributed by atoms with Crippen LogP contribution >= 0.6 is 11.3 Å². The van der Waals surface area contributed by atoms with E-state index in [0.29, 0.717) is 17.5 Å². The maximum absolute atomic E-state index is 5.26. The van der Waals surface area contributed by atoms with Crippen molar-refractivity contribution < 1.29 is 0 Å². The van der Waals surface area contributed by atoms with Crippen molar-refractivity contribution in [2.24, 2.45) is 0 Å². The van der Waals surface area contributed by atoms with Gasteiger partial charge in [0.1, 0.15) is 0 Å². The molecule has 0 amide bonds. The van der Waals surface area contributed by atoms with E-state index in [-0.39, 0.29) is 0 Å². The van der Waals surface area contributed by atoms with Crippen LogP contribution in [-0.2, 0) is 0 Å². The predicted octanol–water partition coefficient (Wildman–Crippen LogP) is 14.1. The van der Waals surface area contributed by atoms with Crippen LogP contribution in [0.4, 0.5) is 0 Å². The topological polar surface area (TPSA) is 38.7 Å². The summed E-state index contributed by atoms with van der Waals surface area (Å²) in [6.07, 6.45) is 8.59. The van der Waals surface area contributed by atoms with Crippen molar-refractivity contribution in [1.29, 1.82) is 0 Å². The van der Waals surface area contributed by atoms with Gasteiger partial charge in [-0.15, -0.1) is 11.3 Å². The fourth-order valence-corrected chi connectivity index (χ4v) is 9.51. The molecule has 1 aliphatic rings. The van der Waals surface area contributed by atoms with E-state index in [2.05, 4.69) is 158 Å². The van der Waals surface area contributed by atoms with E-state index in [9.17, 15) is 0 Å². The molecule has 2 heterocycles. The Morgan fingerprint density at radius 2 is 1.07 bits per heavy atom. The summed E-state index contributed by atoms with van der Waals surface area (Å²) in [6, 6.07) is 56.9. The van der Waals surface area contributed by atoms with Crippen LogP contribution in [0.5, 0.6) is 0 Å². The highest BCUT2D eigenvalue weighted by Gasteiger charge is 2.21. The third-order valence-electron chi connectivity index (χ3n) is 11.0. The Morgan fingerprint density at radius 1 is 0.418 bits per heavy atom. The molecular formula is C51H33N3S. The summed E-state index contributed by atoms with van der Waals surface area (Å²) >= 11 is 1.88. The third-order valence-corrected chi connectivity index (χ3v) is 12.1. The number of hydrogen-bond acceptors (Lipinski definition) is 4. The Balaban J connectivity index is 1.12. The van der Waals surface area contributed by atoms with Crippen LogP contribution in [0, 0.1) is 0 Å². The second-order valence-electron chi connectivity index (χ2n) is 14.2. The maximum Gasteiger partial charge on any atom is 0.165 e. The van der Waals surface area contributed by atoms with Gasteiger partial charge in [-0.25, -0.2) is 15.0 Å². The molecule has 0 fully saturated rings. The Kier molecular flexibility index (Phi) is 7.49. The Bertz CT molecular complexity index is 3210. The Morgan fingerprint density at radius 3 is 1.89 bits per heavy atom. The van der Waals surface area contributed by atoms with Crippen molar-refractivity contribution in [3.05, 3.63) is 182 Å². The highest BCUT2D eigenvalue weighted by Crippen LogP contribution is 2.44. The minimum Gasteiger partial charge on any atom is -0.208 e. The van der Waals surface area contributed by atoms with Gasteiger partial charge < -0.3 is 0 Å². The fourth-order valence-electron chi connectivity index (χ4n) is 8.35. The first-order chi connectivity index (χ1) is 27.3. The number of fused-ring (bicyclic) bond motifs is 7. The monoisotopic (exact) mass is 719 g/mol. The second-order valence-corrected chi connectivity index (χ2v) is 15.3. The number of allylic oxidation sites excluding steroid dienone is 4. The quantitative estimate of drug-likeness (QED) is 0.178. The van der Waals surface area contributed by atoms with Gasteiger partial charge in [-0.3, -0.25) is 0 Å². The molecular weight excluding hydrogens is 687 g/mol. The molecule has 0 atom stereocenters. The normalized spacial score (nSPS) is 13.0. The number of aromatic nitrogens is 3. The number of thiophene rings is 1. The summed E-state index contributed by atoms with van der Waals surface area (Å²) in [5, 5.41) is 9.91. The first-order valence-electron chi connectivity index (χ1n) is 18.8. The highest BCUT2D eigenvalue weighted by molar-refractivity contribution is 7.26. The van der Waals surface area contributed by atoms with E-state index in [0.717, 1.165) is 51.4 Å². The van der Waals surface area contributed by atoms with Crippen molar-refractivity contribution in [3.8, 4) is 45.0 Å². The first kappa shape index (κ1) is 31.7. The van der Waals surface area contributed by atoms with E-state index in [1.165, 1.54) is 52.8 Å². The van der Waals surface area contributed by atoms with Crippen molar-refractivity contribution in [3.63, 3.8) is 0 Å². The smallest absolute Gasteiger partial charge is 0.165 e. The lowest BCUT2D eigenvalue weighted by molar-refractivity contribution is 1.01. The summed E-state index contributed by atoms with van der Waals surface area (Å²) in [5.74, 6) is 2.04. The van der Waals surface area contributed by atoms with Gasteiger partial charge >= 0.3 is 0 Å². The zero-order valence-electron chi connectivity index (χ0n) is 29.9. The molecule has 0 radical (unpaired) electrons. The standard InChI is InChI=1S/C51H33N3S/c1-3-15-34(16-4-1)49-52-50(35-17-5-2-6-18-35)54-51(53-49)48-39-20-10-8-13-32(39)23-26-43(48)42-29-28-37(40-21-11-12-22-41(40)42)36-24-27-44-46(31-36)55-45-30-25-33-14-7-9-19-38(33)47(44)45/h1,3-5,7-31H,2,6H2. The molecule has 0 bridgehead atoms. The molecule has 4 heteroatoms.